The van der Waals surface area contributed by atoms with E-state index >= 15 is 0 Å². The fourth-order valence-corrected chi connectivity index (χ4v) is 4.79. The zero-order chi connectivity index (χ0) is 27.9. The van der Waals surface area contributed by atoms with Crippen molar-refractivity contribution in [3.63, 3.8) is 0 Å². The lowest BCUT2D eigenvalue weighted by atomic mass is 9.90. The first-order chi connectivity index (χ1) is 17.8. The number of hydrogen-bond donors (Lipinski definition) is 3. The summed E-state index contributed by atoms with van der Waals surface area (Å²) in [6.45, 7) is 0.573. The Kier molecular flexibility index (Phi) is 7.52. The summed E-state index contributed by atoms with van der Waals surface area (Å²) in [7, 11) is 0. The molecule has 0 spiro atoms. The van der Waals surface area contributed by atoms with E-state index in [0.717, 1.165) is 40.6 Å². The fraction of sp³-hybridized carbons (Fsp3) is 0.269. The van der Waals surface area contributed by atoms with Gasteiger partial charge < -0.3 is 15.7 Å². The Bertz CT molecular complexity index is 1330. The molecule has 0 aliphatic carbocycles. The summed E-state index contributed by atoms with van der Waals surface area (Å²) in [6, 6.07) is 11.3. The van der Waals surface area contributed by atoms with Gasteiger partial charge in [0.15, 0.2) is 0 Å². The number of carbonyl (C=O) groups excluding carboxylic acids is 1. The third-order valence-corrected chi connectivity index (χ3v) is 7.06. The first kappa shape index (κ1) is 27.9. The number of amides is 1. The van der Waals surface area contributed by atoms with Crippen LogP contribution in [-0.4, -0.2) is 36.2 Å². The van der Waals surface area contributed by atoms with E-state index in [9.17, 15) is 40.6 Å². The van der Waals surface area contributed by atoms with Gasteiger partial charge in [-0.3, -0.25) is 4.79 Å². The highest BCUT2D eigenvalue weighted by molar-refractivity contribution is 7.98. The minimum Gasteiger partial charge on any atom is -0.369 e. The van der Waals surface area contributed by atoms with Crippen molar-refractivity contribution in [3.8, 4) is 11.1 Å². The van der Waals surface area contributed by atoms with Crippen LogP contribution in [0.25, 0.3) is 11.1 Å². The van der Waals surface area contributed by atoms with Crippen LogP contribution < -0.4 is 10.6 Å². The third-order valence-electron chi connectivity index (χ3n) is 6.34. The van der Waals surface area contributed by atoms with E-state index in [0.29, 0.717) is 18.7 Å². The summed E-state index contributed by atoms with van der Waals surface area (Å²) in [6.07, 6.45) is -9.35. The second-order valence-electron chi connectivity index (χ2n) is 8.67. The highest BCUT2D eigenvalue weighted by atomic mass is 32.2. The van der Waals surface area contributed by atoms with Crippen LogP contribution in [0.2, 0.25) is 0 Å². The molecule has 38 heavy (non-hydrogen) atoms. The van der Waals surface area contributed by atoms with Crippen molar-refractivity contribution in [1.82, 2.24) is 5.32 Å². The second kappa shape index (κ2) is 10.2. The molecular formula is C26H21F7N2O2S. The van der Waals surface area contributed by atoms with Gasteiger partial charge in [0.1, 0.15) is 11.9 Å². The molecular weight excluding hydrogens is 537 g/mol. The summed E-state index contributed by atoms with van der Waals surface area (Å²) in [5.41, 5.74) is -4.72. The molecule has 3 N–H and O–H groups in total. The summed E-state index contributed by atoms with van der Waals surface area (Å²) in [4.78, 5) is 14.0. The van der Waals surface area contributed by atoms with Crippen LogP contribution in [0.3, 0.4) is 0 Å². The van der Waals surface area contributed by atoms with Crippen LogP contribution in [0.5, 0.6) is 0 Å². The summed E-state index contributed by atoms with van der Waals surface area (Å²) >= 11 is 1.58. The van der Waals surface area contributed by atoms with Gasteiger partial charge in [-0.25, -0.2) is 4.39 Å². The molecule has 0 saturated carbocycles. The van der Waals surface area contributed by atoms with Gasteiger partial charge in [0.05, 0.1) is 0 Å². The maximum Gasteiger partial charge on any atom is 0.430 e. The smallest absolute Gasteiger partial charge is 0.369 e. The molecule has 0 bridgehead atoms. The van der Waals surface area contributed by atoms with Crippen molar-refractivity contribution in [2.24, 2.45) is 0 Å². The van der Waals surface area contributed by atoms with Crippen molar-refractivity contribution in [2.45, 2.75) is 35.3 Å². The highest BCUT2D eigenvalue weighted by Gasteiger charge is 2.71. The minimum absolute atomic E-state index is 0.0247. The number of aliphatic hydroxyl groups is 1. The molecule has 1 atom stereocenters. The van der Waals surface area contributed by atoms with Gasteiger partial charge in [-0.15, -0.1) is 11.8 Å². The molecule has 3 aromatic rings. The number of benzene rings is 3. The minimum atomic E-state index is -6.02. The monoisotopic (exact) mass is 558 g/mol. The lowest BCUT2D eigenvalue weighted by molar-refractivity contribution is -0.376. The van der Waals surface area contributed by atoms with Gasteiger partial charge in [0.2, 0.25) is 5.91 Å². The second-order valence-corrected chi connectivity index (χ2v) is 9.55. The fourth-order valence-electron chi connectivity index (χ4n) is 4.32. The number of anilines is 1. The molecule has 1 amide bonds. The molecule has 0 saturated heterocycles. The van der Waals surface area contributed by atoms with Gasteiger partial charge in [-0.1, -0.05) is 30.3 Å². The van der Waals surface area contributed by atoms with Crippen LogP contribution >= 0.6 is 11.8 Å². The highest BCUT2D eigenvalue weighted by Crippen LogP contribution is 2.50. The van der Waals surface area contributed by atoms with Crippen molar-refractivity contribution < 1.29 is 40.6 Å². The van der Waals surface area contributed by atoms with Crippen LogP contribution in [0.1, 0.15) is 22.7 Å². The Morgan fingerprint density at radius 1 is 0.974 bits per heavy atom. The number of fused-ring (bicyclic) bond motifs is 1. The van der Waals surface area contributed by atoms with Crippen LogP contribution in [0, 0.1) is 5.82 Å². The molecule has 4 rings (SSSR count). The number of alkyl halides is 6. The Labute approximate surface area is 217 Å². The number of hydrogen-bond acceptors (Lipinski definition) is 4. The molecule has 4 nitrogen and oxygen atoms in total. The average molecular weight is 559 g/mol. The molecule has 12 heteroatoms. The lowest BCUT2D eigenvalue weighted by Gasteiger charge is -2.32. The van der Waals surface area contributed by atoms with E-state index in [1.807, 2.05) is 24.5 Å². The quantitative estimate of drug-likeness (QED) is 0.252. The molecule has 0 fully saturated rings. The Morgan fingerprint density at radius 2 is 1.63 bits per heavy atom. The Hall–Kier alpha value is -3.09. The Balaban J connectivity index is 1.54. The van der Waals surface area contributed by atoms with Crippen molar-refractivity contribution in [2.75, 3.05) is 18.1 Å². The van der Waals surface area contributed by atoms with Crippen molar-refractivity contribution in [3.05, 3.63) is 83.2 Å². The first-order valence-electron chi connectivity index (χ1n) is 11.2. The van der Waals surface area contributed by atoms with E-state index in [4.69, 9.17) is 0 Å². The number of rotatable bonds is 5. The maximum atomic E-state index is 14.9. The number of thioether (sulfide) groups is 1. The average Bonchev–Trinajstić information content (AvgIpc) is 2.86. The molecule has 3 aromatic carbocycles. The molecule has 1 unspecified atom stereocenters. The van der Waals surface area contributed by atoms with Gasteiger partial charge >= 0.3 is 12.4 Å². The number of nitrogens with one attached hydrogen (secondary N) is 2. The summed E-state index contributed by atoms with van der Waals surface area (Å²) in [5.74, 6) is -1.28. The SMILES string of the molecule is CSc1ccc2c(c1)CCNC2C(=O)Nc1ccc(-c2ccc(C(O)(C(F)(F)F)C(F)(F)F)cc2)c(F)c1. The molecule has 1 heterocycles. The molecule has 202 valence electrons. The zero-order valence-electron chi connectivity index (χ0n) is 19.7. The van der Waals surface area contributed by atoms with Gasteiger partial charge in [-0.05, 0) is 59.7 Å². The van der Waals surface area contributed by atoms with Crippen molar-refractivity contribution in [1.29, 1.82) is 0 Å². The molecule has 0 radical (unpaired) electrons. The lowest BCUT2D eigenvalue weighted by Crippen LogP contribution is -2.53. The maximum absolute atomic E-state index is 14.9. The largest absolute Gasteiger partial charge is 0.430 e. The van der Waals surface area contributed by atoms with E-state index in [2.05, 4.69) is 10.6 Å². The van der Waals surface area contributed by atoms with E-state index in [-0.39, 0.29) is 16.8 Å². The predicted molar refractivity (Wildman–Crippen MR) is 129 cm³/mol. The number of carbonyl (C=O) groups is 1. The van der Waals surface area contributed by atoms with Crippen LogP contribution in [0.15, 0.2) is 65.6 Å². The van der Waals surface area contributed by atoms with E-state index in [1.165, 1.54) is 12.1 Å². The third kappa shape index (κ3) is 5.12. The van der Waals surface area contributed by atoms with Crippen LogP contribution in [-0.2, 0) is 16.8 Å². The topological polar surface area (TPSA) is 61.4 Å². The van der Waals surface area contributed by atoms with E-state index in [1.54, 1.807) is 11.8 Å². The zero-order valence-corrected chi connectivity index (χ0v) is 20.5. The van der Waals surface area contributed by atoms with Gasteiger partial charge in [0.25, 0.3) is 5.60 Å². The first-order valence-corrected chi connectivity index (χ1v) is 12.5. The van der Waals surface area contributed by atoms with Gasteiger partial charge in [-0.2, -0.15) is 26.3 Å². The number of halogens is 7. The van der Waals surface area contributed by atoms with E-state index < -0.39 is 41.3 Å². The predicted octanol–water partition coefficient (Wildman–Crippen LogP) is 6.35. The standard InChI is InChI=1S/C26H21F7N2O2S/c1-38-18-7-9-20-15(12-18)10-11-34-22(20)23(36)35-17-6-8-19(21(27)13-17)14-2-4-16(5-3-14)24(37,25(28,29)30)26(31,32)33/h2-9,12-13,22,34,37H,10-11H2,1H3,(H,35,36). The molecule has 0 aromatic heterocycles. The summed E-state index contributed by atoms with van der Waals surface area (Å²) < 4.78 is 93.5. The van der Waals surface area contributed by atoms with Crippen LogP contribution in [0.4, 0.5) is 36.4 Å². The van der Waals surface area contributed by atoms with Gasteiger partial charge in [0, 0.05) is 28.3 Å². The normalized spacial score (nSPS) is 16.2. The molecule has 1 aliphatic heterocycles. The molecule has 1 aliphatic rings. The summed E-state index contributed by atoms with van der Waals surface area (Å²) in [5, 5.41) is 15.3. The Morgan fingerprint density at radius 3 is 2.21 bits per heavy atom. The van der Waals surface area contributed by atoms with Crippen molar-refractivity contribution >= 4 is 23.4 Å².